The number of hydrogen-bond donors (Lipinski definition) is 0. The predicted octanol–water partition coefficient (Wildman–Crippen LogP) is 3.27. The van der Waals surface area contributed by atoms with Crippen molar-refractivity contribution in [3.63, 3.8) is 0 Å². The minimum atomic E-state index is 0.773. The quantitative estimate of drug-likeness (QED) is 0.823. The summed E-state index contributed by atoms with van der Waals surface area (Å²) in [5.74, 6) is 1.55. The summed E-state index contributed by atoms with van der Waals surface area (Å²) in [6, 6.07) is 11.5. The van der Waals surface area contributed by atoms with Gasteiger partial charge in [0, 0.05) is 12.3 Å². The third-order valence-electron chi connectivity index (χ3n) is 2.51. The Morgan fingerprint density at radius 2 is 1.67 bits per heavy atom. The first-order chi connectivity index (χ1) is 8.81. The van der Waals surface area contributed by atoms with Crippen LogP contribution in [-0.4, -0.2) is 19.2 Å². The predicted molar refractivity (Wildman–Crippen MR) is 72.7 cm³/mol. The van der Waals surface area contributed by atoms with Gasteiger partial charge in [0.25, 0.3) is 0 Å². The molecule has 3 nitrogen and oxygen atoms in total. The van der Waals surface area contributed by atoms with Crippen LogP contribution >= 0.6 is 0 Å². The van der Waals surface area contributed by atoms with E-state index in [4.69, 9.17) is 9.47 Å². The summed E-state index contributed by atoms with van der Waals surface area (Å²) >= 11 is 0. The van der Waals surface area contributed by atoms with E-state index in [-0.39, 0.29) is 0 Å². The minimum absolute atomic E-state index is 0.773. The Hall–Kier alpha value is -2.29. The molecule has 3 heteroatoms. The fourth-order valence-corrected chi connectivity index (χ4v) is 1.58. The summed E-state index contributed by atoms with van der Waals surface area (Å²) in [7, 11) is 3.28. The Kier molecular flexibility index (Phi) is 3.97. The summed E-state index contributed by atoms with van der Waals surface area (Å²) < 4.78 is 10.4. The van der Waals surface area contributed by atoms with Crippen LogP contribution in [0.5, 0.6) is 11.5 Å². The Bertz CT molecular complexity index is 513. The van der Waals surface area contributed by atoms with Gasteiger partial charge in [-0.15, -0.1) is 0 Å². The van der Waals surface area contributed by atoms with Gasteiger partial charge in [-0.05, 0) is 35.9 Å². The minimum Gasteiger partial charge on any atom is -0.497 e. The van der Waals surface area contributed by atoms with Crippen LogP contribution in [0.25, 0.3) is 12.2 Å². The molecule has 0 atom stereocenters. The molecule has 2 rings (SSSR count). The van der Waals surface area contributed by atoms with E-state index in [9.17, 15) is 0 Å². The maximum Gasteiger partial charge on any atom is 0.123 e. The molecule has 0 spiro atoms. The molecular formula is C15H15NO2. The number of pyridine rings is 1. The lowest BCUT2D eigenvalue weighted by molar-refractivity contribution is 0.394. The van der Waals surface area contributed by atoms with Crippen LogP contribution in [0.3, 0.4) is 0 Å². The zero-order chi connectivity index (χ0) is 12.8. The van der Waals surface area contributed by atoms with E-state index < -0.39 is 0 Å². The van der Waals surface area contributed by atoms with E-state index in [1.165, 1.54) is 0 Å². The van der Waals surface area contributed by atoms with Crippen molar-refractivity contribution < 1.29 is 9.47 Å². The van der Waals surface area contributed by atoms with Crippen LogP contribution in [0.15, 0.2) is 42.6 Å². The molecule has 1 aromatic carbocycles. The van der Waals surface area contributed by atoms with E-state index in [0.29, 0.717) is 0 Å². The molecule has 1 aromatic heterocycles. The Labute approximate surface area is 107 Å². The molecule has 0 unspecified atom stereocenters. The Balaban J connectivity index is 2.25. The van der Waals surface area contributed by atoms with E-state index in [1.807, 2.05) is 48.6 Å². The van der Waals surface area contributed by atoms with Gasteiger partial charge in [-0.2, -0.15) is 0 Å². The summed E-state index contributed by atoms with van der Waals surface area (Å²) in [5.41, 5.74) is 1.93. The number of aromatic nitrogens is 1. The summed E-state index contributed by atoms with van der Waals surface area (Å²) in [6.45, 7) is 0. The second-order valence-corrected chi connectivity index (χ2v) is 3.73. The molecule has 0 fully saturated rings. The van der Waals surface area contributed by atoms with Gasteiger partial charge in [0.1, 0.15) is 11.5 Å². The first-order valence-corrected chi connectivity index (χ1v) is 5.64. The van der Waals surface area contributed by atoms with Crippen molar-refractivity contribution in [1.82, 2.24) is 4.98 Å². The van der Waals surface area contributed by atoms with Crippen molar-refractivity contribution in [2.24, 2.45) is 0 Å². The number of ether oxygens (including phenoxy) is 2. The summed E-state index contributed by atoms with van der Waals surface area (Å²) in [4.78, 5) is 4.23. The molecule has 0 saturated heterocycles. The van der Waals surface area contributed by atoms with Crippen LogP contribution in [0.2, 0.25) is 0 Å². The van der Waals surface area contributed by atoms with Crippen LogP contribution in [-0.2, 0) is 0 Å². The van der Waals surface area contributed by atoms with Gasteiger partial charge in [0.05, 0.1) is 19.9 Å². The van der Waals surface area contributed by atoms with Gasteiger partial charge >= 0.3 is 0 Å². The highest BCUT2D eigenvalue weighted by Gasteiger charge is 1.99. The van der Waals surface area contributed by atoms with Gasteiger partial charge < -0.3 is 9.47 Å². The fraction of sp³-hybridized carbons (Fsp3) is 0.133. The van der Waals surface area contributed by atoms with Gasteiger partial charge in [-0.25, -0.2) is 0 Å². The zero-order valence-electron chi connectivity index (χ0n) is 10.5. The molecule has 0 saturated carbocycles. The molecule has 0 aliphatic rings. The van der Waals surface area contributed by atoms with Crippen molar-refractivity contribution in [1.29, 1.82) is 0 Å². The van der Waals surface area contributed by atoms with Crippen molar-refractivity contribution >= 4 is 12.2 Å². The lowest BCUT2D eigenvalue weighted by Gasteiger charge is -2.05. The molecule has 1 heterocycles. The Morgan fingerprint density at radius 1 is 0.944 bits per heavy atom. The van der Waals surface area contributed by atoms with E-state index in [0.717, 1.165) is 22.8 Å². The number of methoxy groups -OCH3 is 2. The maximum atomic E-state index is 5.22. The number of benzene rings is 1. The molecule has 0 radical (unpaired) electrons. The number of hydrogen-bond acceptors (Lipinski definition) is 3. The lowest BCUT2D eigenvalue weighted by Crippen LogP contribution is -1.88. The highest BCUT2D eigenvalue weighted by Crippen LogP contribution is 2.23. The SMILES string of the molecule is COc1cc(/C=C/c2ccccn2)cc(OC)c1. The summed E-state index contributed by atoms with van der Waals surface area (Å²) in [5, 5.41) is 0. The largest absolute Gasteiger partial charge is 0.497 e. The highest BCUT2D eigenvalue weighted by atomic mass is 16.5. The monoisotopic (exact) mass is 241 g/mol. The zero-order valence-corrected chi connectivity index (χ0v) is 10.5. The van der Waals surface area contributed by atoms with Crippen LogP contribution in [0.1, 0.15) is 11.3 Å². The molecule has 0 aliphatic heterocycles. The molecule has 92 valence electrons. The molecule has 0 amide bonds. The van der Waals surface area contributed by atoms with Crippen LogP contribution in [0, 0.1) is 0 Å². The molecule has 0 bridgehead atoms. The molecule has 18 heavy (non-hydrogen) atoms. The maximum absolute atomic E-state index is 5.22. The lowest BCUT2D eigenvalue weighted by atomic mass is 10.1. The molecular weight excluding hydrogens is 226 g/mol. The molecule has 0 aliphatic carbocycles. The smallest absolute Gasteiger partial charge is 0.123 e. The standard InChI is InChI=1S/C15H15NO2/c1-17-14-9-12(10-15(11-14)18-2)6-7-13-5-3-4-8-16-13/h3-11H,1-2H3/b7-6+. The van der Waals surface area contributed by atoms with Crippen molar-refractivity contribution in [3.8, 4) is 11.5 Å². The van der Waals surface area contributed by atoms with E-state index >= 15 is 0 Å². The van der Waals surface area contributed by atoms with Gasteiger partial charge in [-0.3, -0.25) is 4.98 Å². The van der Waals surface area contributed by atoms with Gasteiger partial charge in [0.2, 0.25) is 0 Å². The second kappa shape index (κ2) is 5.87. The fourth-order valence-electron chi connectivity index (χ4n) is 1.58. The first kappa shape index (κ1) is 12.2. The normalized spacial score (nSPS) is 10.6. The van der Waals surface area contributed by atoms with Crippen LogP contribution in [0.4, 0.5) is 0 Å². The number of rotatable bonds is 4. The third-order valence-corrected chi connectivity index (χ3v) is 2.51. The average molecular weight is 241 g/mol. The van der Waals surface area contributed by atoms with Gasteiger partial charge in [-0.1, -0.05) is 12.1 Å². The van der Waals surface area contributed by atoms with E-state index in [2.05, 4.69) is 4.98 Å². The highest BCUT2D eigenvalue weighted by molar-refractivity contribution is 5.69. The first-order valence-electron chi connectivity index (χ1n) is 5.64. The van der Waals surface area contributed by atoms with Gasteiger partial charge in [0.15, 0.2) is 0 Å². The van der Waals surface area contributed by atoms with Crippen molar-refractivity contribution in [3.05, 3.63) is 53.9 Å². The Morgan fingerprint density at radius 3 is 2.22 bits per heavy atom. The second-order valence-electron chi connectivity index (χ2n) is 3.73. The molecule has 2 aromatic rings. The van der Waals surface area contributed by atoms with E-state index in [1.54, 1.807) is 20.4 Å². The molecule has 0 N–H and O–H groups in total. The number of nitrogens with zero attached hydrogens (tertiary/aromatic N) is 1. The third kappa shape index (κ3) is 3.10. The summed E-state index contributed by atoms with van der Waals surface area (Å²) in [6.07, 6.45) is 5.70. The topological polar surface area (TPSA) is 31.4 Å². The average Bonchev–Trinajstić information content (AvgIpc) is 2.45. The van der Waals surface area contributed by atoms with Crippen molar-refractivity contribution in [2.45, 2.75) is 0 Å². The van der Waals surface area contributed by atoms with Crippen molar-refractivity contribution in [2.75, 3.05) is 14.2 Å². The van der Waals surface area contributed by atoms with Crippen LogP contribution < -0.4 is 9.47 Å².